The average molecular weight is 257 g/mol. The summed E-state index contributed by atoms with van der Waals surface area (Å²) in [4.78, 5) is 23.9. The third-order valence-corrected chi connectivity index (χ3v) is 2.35. The van der Waals surface area contributed by atoms with E-state index in [1.54, 1.807) is 0 Å². The van der Waals surface area contributed by atoms with Crippen molar-refractivity contribution in [3.63, 3.8) is 0 Å². The van der Waals surface area contributed by atoms with E-state index in [4.69, 9.17) is 15.1 Å². The highest BCUT2D eigenvalue weighted by molar-refractivity contribution is 5.77. The number of methoxy groups -OCH3 is 1. The number of carboxylic acids is 1. The lowest BCUT2D eigenvalue weighted by molar-refractivity contribution is -0.148. The van der Waals surface area contributed by atoms with Gasteiger partial charge in [-0.05, 0) is 13.8 Å². The van der Waals surface area contributed by atoms with Gasteiger partial charge in [-0.1, -0.05) is 0 Å². The van der Waals surface area contributed by atoms with E-state index in [1.807, 2.05) is 19.9 Å². The van der Waals surface area contributed by atoms with Crippen LogP contribution in [0.5, 0.6) is 0 Å². The number of nitrogens with one attached hydrogen (secondary N) is 1. The molecule has 2 amide bonds. The van der Waals surface area contributed by atoms with Gasteiger partial charge in [0, 0.05) is 19.7 Å². The summed E-state index contributed by atoms with van der Waals surface area (Å²) in [6.07, 6.45) is -0.836. The highest BCUT2D eigenvalue weighted by Gasteiger charge is 2.20. The molecule has 7 nitrogen and oxygen atoms in total. The van der Waals surface area contributed by atoms with E-state index in [-0.39, 0.29) is 19.0 Å². The minimum absolute atomic E-state index is 0.0656. The molecule has 7 heteroatoms. The summed E-state index contributed by atoms with van der Waals surface area (Å²) in [5.74, 6) is -1.13. The Morgan fingerprint density at radius 3 is 2.50 bits per heavy atom. The third-order valence-electron chi connectivity index (χ3n) is 2.35. The van der Waals surface area contributed by atoms with Gasteiger partial charge < -0.3 is 20.1 Å². The second-order valence-electron chi connectivity index (χ2n) is 3.94. The fourth-order valence-electron chi connectivity index (χ4n) is 1.32. The molecule has 0 aromatic heterocycles. The second-order valence-corrected chi connectivity index (χ2v) is 3.94. The maximum atomic E-state index is 11.8. The number of hydrogen-bond acceptors (Lipinski definition) is 4. The van der Waals surface area contributed by atoms with Crippen LogP contribution in [0.25, 0.3) is 0 Å². The molecular weight excluding hydrogens is 238 g/mol. The Hall–Kier alpha value is -1.81. The van der Waals surface area contributed by atoms with E-state index in [1.165, 1.54) is 12.0 Å². The molecule has 0 radical (unpaired) electrons. The average Bonchev–Trinajstić information content (AvgIpc) is 2.29. The van der Waals surface area contributed by atoms with E-state index in [0.29, 0.717) is 6.54 Å². The highest BCUT2D eigenvalue weighted by Crippen LogP contribution is 2.00. The Bertz CT molecular complexity index is 325. The molecule has 0 heterocycles. The predicted octanol–water partition coefficient (Wildman–Crippen LogP) is 0.420. The Labute approximate surface area is 106 Å². The first kappa shape index (κ1) is 16.2. The summed E-state index contributed by atoms with van der Waals surface area (Å²) in [5.41, 5.74) is 0. The first-order chi connectivity index (χ1) is 8.43. The van der Waals surface area contributed by atoms with Crippen molar-refractivity contribution in [3.8, 4) is 6.07 Å². The largest absolute Gasteiger partial charge is 0.479 e. The fourth-order valence-corrected chi connectivity index (χ4v) is 1.32. The lowest BCUT2D eigenvalue weighted by Gasteiger charge is -2.26. The molecule has 0 bridgehead atoms. The van der Waals surface area contributed by atoms with Gasteiger partial charge in [0.2, 0.25) is 0 Å². The molecule has 0 spiro atoms. The zero-order chi connectivity index (χ0) is 14.1. The zero-order valence-corrected chi connectivity index (χ0v) is 10.8. The van der Waals surface area contributed by atoms with Crippen LogP contribution in [0.1, 0.15) is 20.3 Å². The molecule has 0 aliphatic heterocycles. The Morgan fingerprint density at radius 1 is 1.50 bits per heavy atom. The number of urea groups is 1. The summed E-state index contributed by atoms with van der Waals surface area (Å²) in [5, 5.41) is 19.7. The maximum Gasteiger partial charge on any atom is 0.334 e. The second kappa shape index (κ2) is 8.31. The summed E-state index contributed by atoms with van der Waals surface area (Å²) in [6, 6.07) is 1.50. The summed E-state index contributed by atoms with van der Waals surface area (Å²) in [6.45, 7) is 3.84. The first-order valence-corrected chi connectivity index (χ1v) is 5.61. The van der Waals surface area contributed by atoms with Crippen molar-refractivity contribution in [1.29, 1.82) is 5.26 Å². The van der Waals surface area contributed by atoms with E-state index in [0.717, 1.165) is 0 Å². The lowest BCUT2D eigenvalue weighted by Crippen LogP contribution is -2.47. The van der Waals surface area contributed by atoms with Crippen molar-refractivity contribution in [2.75, 3.05) is 20.2 Å². The molecule has 2 N–H and O–H groups in total. The predicted molar refractivity (Wildman–Crippen MR) is 63.9 cm³/mol. The van der Waals surface area contributed by atoms with Crippen molar-refractivity contribution in [1.82, 2.24) is 10.2 Å². The molecule has 0 aliphatic carbocycles. The number of ether oxygens (including phenoxy) is 1. The number of carbonyl (C=O) groups excluding carboxylic acids is 1. The van der Waals surface area contributed by atoms with Gasteiger partial charge in [0.05, 0.1) is 19.0 Å². The molecule has 0 aromatic carbocycles. The SMILES string of the molecule is COC(CNC(=O)N(CCC#N)C(C)C)C(=O)O. The van der Waals surface area contributed by atoms with Crippen LogP contribution in [-0.4, -0.2) is 54.4 Å². The standard InChI is InChI=1S/C11H19N3O4/c1-8(2)14(6-4-5-12)11(17)13-7-9(18-3)10(15)16/h8-9H,4,6-7H2,1-3H3,(H,13,17)(H,15,16). The molecule has 1 unspecified atom stereocenters. The third kappa shape index (κ3) is 5.50. The minimum Gasteiger partial charge on any atom is -0.479 e. The van der Waals surface area contributed by atoms with Crippen molar-refractivity contribution < 1.29 is 19.4 Å². The van der Waals surface area contributed by atoms with Crippen LogP contribution in [0, 0.1) is 11.3 Å². The number of carbonyl (C=O) groups is 2. The van der Waals surface area contributed by atoms with Crippen LogP contribution in [0.3, 0.4) is 0 Å². The molecule has 0 saturated heterocycles. The van der Waals surface area contributed by atoms with Gasteiger partial charge in [0.1, 0.15) is 0 Å². The van der Waals surface area contributed by atoms with Gasteiger partial charge in [-0.25, -0.2) is 9.59 Å². The van der Waals surface area contributed by atoms with Gasteiger partial charge in [-0.15, -0.1) is 0 Å². The van der Waals surface area contributed by atoms with Crippen molar-refractivity contribution in [2.45, 2.75) is 32.4 Å². The van der Waals surface area contributed by atoms with Crippen molar-refractivity contribution in [3.05, 3.63) is 0 Å². The van der Waals surface area contributed by atoms with Gasteiger partial charge in [-0.3, -0.25) is 0 Å². The summed E-state index contributed by atoms with van der Waals surface area (Å²) >= 11 is 0. The molecular formula is C11H19N3O4. The highest BCUT2D eigenvalue weighted by atomic mass is 16.5. The van der Waals surface area contributed by atoms with E-state index < -0.39 is 18.1 Å². The van der Waals surface area contributed by atoms with E-state index in [2.05, 4.69) is 5.32 Å². The Morgan fingerprint density at radius 2 is 2.11 bits per heavy atom. The minimum atomic E-state index is -1.13. The molecule has 0 aliphatic rings. The number of rotatable bonds is 7. The monoisotopic (exact) mass is 257 g/mol. The number of carboxylic acid groups (broad SMARTS) is 1. The number of aliphatic carboxylic acids is 1. The molecule has 0 aromatic rings. The molecule has 1 atom stereocenters. The number of nitrogens with zero attached hydrogens (tertiary/aromatic N) is 2. The van der Waals surface area contributed by atoms with Crippen LogP contribution < -0.4 is 5.32 Å². The molecule has 0 rings (SSSR count). The molecule has 0 saturated carbocycles. The smallest absolute Gasteiger partial charge is 0.334 e. The Kier molecular flexibility index (Phi) is 7.47. The van der Waals surface area contributed by atoms with Crippen LogP contribution >= 0.6 is 0 Å². The van der Waals surface area contributed by atoms with Crippen molar-refractivity contribution >= 4 is 12.0 Å². The first-order valence-electron chi connectivity index (χ1n) is 5.61. The van der Waals surface area contributed by atoms with Crippen LogP contribution in [0.4, 0.5) is 4.79 Å². The maximum absolute atomic E-state index is 11.8. The quantitative estimate of drug-likeness (QED) is 0.688. The lowest BCUT2D eigenvalue weighted by atomic mass is 10.3. The van der Waals surface area contributed by atoms with Gasteiger partial charge in [0.25, 0.3) is 0 Å². The number of hydrogen-bond donors (Lipinski definition) is 2. The number of nitriles is 1. The number of amides is 2. The van der Waals surface area contributed by atoms with E-state index in [9.17, 15) is 9.59 Å². The zero-order valence-electron chi connectivity index (χ0n) is 10.8. The van der Waals surface area contributed by atoms with Crippen molar-refractivity contribution in [2.24, 2.45) is 0 Å². The normalized spacial score (nSPS) is 11.7. The van der Waals surface area contributed by atoms with Gasteiger partial charge in [0.15, 0.2) is 6.10 Å². The van der Waals surface area contributed by atoms with Crippen LogP contribution in [-0.2, 0) is 9.53 Å². The topological polar surface area (TPSA) is 103 Å². The van der Waals surface area contributed by atoms with Crippen LogP contribution in [0.2, 0.25) is 0 Å². The van der Waals surface area contributed by atoms with Gasteiger partial charge in [-0.2, -0.15) is 5.26 Å². The Balaban J connectivity index is 4.34. The van der Waals surface area contributed by atoms with Gasteiger partial charge >= 0.3 is 12.0 Å². The fraction of sp³-hybridized carbons (Fsp3) is 0.727. The summed E-state index contributed by atoms with van der Waals surface area (Å²) in [7, 11) is 1.26. The molecule has 102 valence electrons. The van der Waals surface area contributed by atoms with E-state index >= 15 is 0 Å². The molecule has 18 heavy (non-hydrogen) atoms. The molecule has 0 fully saturated rings. The summed E-state index contributed by atoms with van der Waals surface area (Å²) < 4.78 is 4.70. The van der Waals surface area contributed by atoms with Crippen LogP contribution in [0.15, 0.2) is 0 Å².